The molecule has 0 fully saturated rings. The summed E-state index contributed by atoms with van der Waals surface area (Å²) in [6.07, 6.45) is 7.73. The van der Waals surface area contributed by atoms with Crippen LogP contribution < -0.4 is 0 Å². The van der Waals surface area contributed by atoms with Crippen molar-refractivity contribution >= 4 is 29.0 Å². The first-order valence-corrected chi connectivity index (χ1v) is 7.55. The first-order chi connectivity index (χ1) is 9.63. The zero-order valence-electron chi connectivity index (χ0n) is 11.0. The quantitative estimate of drug-likeness (QED) is 0.734. The fourth-order valence-corrected chi connectivity index (χ4v) is 3.07. The lowest BCUT2D eigenvalue weighted by Gasteiger charge is -2.06. The van der Waals surface area contributed by atoms with Crippen molar-refractivity contribution in [1.82, 2.24) is 4.57 Å². The van der Waals surface area contributed by atoms with Crippen molar-refractivity contribution in [1.29, 1.82) is 0 Å². The van der Waals surface area contributed by atoms with E-state index in [1.54, 1.807) is 12.1 Å². The molecule has 1 aromatic heterocycles. The van der Waals surface area contributed by atoms with Crippen molar-refractivity contribution in [2.75, 3.05) is 0 Å². The third-order valence-corrected chi connectivity index (χ3v) is 4.33. The molecule has 0 bridgehead atoms. The molecule has 0 unspecified atom stereocenters. The molecule has 20 heavy (non-hydrogen) atoms. The summed E-state index contributed by atoms with van der Waals surface area (Å²) in [7, 11) is 0. The van der Waals surface area contributed by atoms with Crippen molar-refractivity contribution in [3.05, 3.63) is 57.3 Å². The molecule has 1 heterocycles. The van der Waals surface area contributed by atoms with E-state index in [2.05, 4.69) is 6.20 Å². The minimum absolute atomic E-state index is 0.258. The molecule has 3 rings (SSSR count). The number of aromatic nitrogens is 1. The molecular formula is C16H15Cl2NO. The van der Waals surface area contributed by atoms with Crippen LogP contribution in [0.15, 0.2) is 30.6 Å². The predicted molar refractivity (Wildman–Crippen MR) is 81.9 cm³/mol. The molecule has 0 N–H and O–H groups in total. The lowest BCUT2D eigenvalue weighted by Crippen LogP contribution is -1.99. The molecule has 104 valence electrons. The Bertz CT molecular complexity index is 660. The maximum atomic E-state index is 12.0. The minimum Gasteiger partial charge on any atom is -0.349 e. The van der Waals surface area contributed by atoms with Crippen molar-refractivity contribution in [2.45, 2.75) is 32.2 Å². The summed E-state index contributed by atoms with van der Waals surface area (Å²) >= 11 is 12.2. The molecule has 0 aliphatic heterocycles. The average Bonchev–Trinajstić information content (AvgIpc) is 2.74. The number of benzene rings is 1. The van der Waals surface area contributed by atoms with Crippen LogP contribution in [0, 0.1) is 0 Å². The molecule has 0 radical (unpaired) electrons. The van der Waals surface area contributed by atoms with E-state index in [4.69, 9.17) is 23.2 Å². The molecule has 1 aromatic carbocycles. The Kier molecular flexibility index (Phi) is 3.86. The van der Waals surface area contributed by atoms with Crippen LogP contribution in [0.1, 0.15) is 40.7 Å². The van der Waals surface area contributed by atoms with Gasteiger partial charge in [-0.05, 0) is 48.6 Å². The van der Waals surface area contributed by atoms with Crippen molar-refractivity contribution in [3.8, 4) is 0 Å². The van der Waals surface area contributed by atoms with Gasteiger partial charge >= 0.3 is 0 Å². The van der Waals surface area contributed by atoms with Crippen LogP contribution >= 0.6 is 23.2 Å². The van der Waals surface area contributed by atoms with Crippen LogP contribution in [-0.4, -0.2) is 10.4 Å². The van der Waals surface area contributed by atoms with Crippen LogP contribution in [0.25, 0.3) is 0 Å². The Morgan fingerprint density at radius 2 is 1.90 bits per heavy atom. The standard InChI is InChI=1S/C16H15Cl2NO/c17-13-5-6-15(18)12(7-13)9-19-8-11-3-1-2-4-16(20)14(11)10-19/h5-8,10H,1-4,9H2. The first kappa shape index (κ1) is 13.7. The maximum Gasteiger partial charge on any atom is 0.164 e. The highest BCUT2D eigenvalue weighted by molar-refractivity contribution is 6.33. The van der Waals surface area contributed by atoms with Crippen molar-refractivity contribution in [3.63, 3.8) is 0 Å². The molecule has 0 saturated carbocycles. The molecule has 2 nitrogen and oxygen atoms in total. The fourth-order valence-electron chi connectivity index (χ4n) is 2.69. The van der Waals surface area contributed by atoms with E-state index < -0.39 is 0 Å². The molecule has 1 aliphatic carbocycles. The number of aryl methyl sites for hydroxylation is 1. The zero-order chi connectivity index (χ0) is 14.1. The third kappa shape index (κ3) is 2.77. The number of carbonyl (C=O) groups excluding carboxylic acids is 1. The highest BCUT2D eigenvalue weighted by Gasteiger charge is 2.17. The topological polar surface area (TPSA) is 22.0 Å². The van der Waals surface area contributed by atoms with E-state index >= 15 is 0 Å². The largest absolute Gasteiger partial charge is 0.349 e. The Morgan fingerprint density at radius 3 is 2.75 bits per heavy atom. The van der Waals surface area contributed by atoms with E-state index in [-0.39, 0.29) is 5.78 Å². The number of nitrogens with zero attached hydrogens (tertiary/aromatic N) is 1. The summed E-state index contributed by atoms with van der Waals surface area (Å²) in [5.41, 5.74) is 3.00. The van der Waals surface area contributed by atoms with E-state index in [0.717, 1.165) is 36.0 Å². The van der Waals surface area contributed by atoms with Gasteiger partial charge in [-0.3, -0.25) is 4.79 Å². The van der Waals surface area contributed by atoms with Gasteiger partial charge in [0.1, 0.15) is 0 Å². The fraction of sp³-hybridized carbons (Fsp3) is 0.312. The molecule has 0 atom stereocenters. The van der Waals surface area contributed by atoms with Crippen molar-refractivity contribution < 1.29 is 4.79 Å². The summed E-state index contributed by atoms with van der Waals surface area (Å²) in [4.78, 5) is 12.0. The summed E-state index contributed by atoms with van der Waals surface area (Å²) in [5, 5.41) is 1.37. The molecular weight excluding hydrogens is 293 g/mol. The van der Waals surface area contributed by atoms with Gasteiger partial charge in [-0.1, -0.05) is 23.2 Å². The van der Waals surface area contributed by atoms with Crippen LogP contribution in [0.5, 0.6) is 0 Å². The summed E-state index contributed by atoms with van der Waals surface area (Å²) in [5.74, 6) is 0.258. The van der Waals surface area contributed by atoms with Crippen molar-refractivity contribution in [2.24, 2.45) is 0 Å². The van der Waals surface area contributed by atoms with Gasteiger partial charge in [0.05, 0.1) is 0 Å². The number of hydrogen-bond donors (Lipinski definition) is 0. The van der Waals surface area contributed by atoms with Crippen LogP contribution in [0.3, 0.4) is 0 Å². The number of rotatable bonds is 2. The van der Waals surface area contributed by atoms with E-state index in [9.17, 15) is 4.79 Å². The Morgan fingerprint density at radius 1 is 1.10 bits per heavy atom. The smallest absolute Gasteiger partial charge is 0.164 e. The highest BCUT2D eigenvalue weighted by atomic mass is 35.5. The third-order valence-electron chi connectivity index (χ3n) is 3.72. The maximum absolute atomic E-state index is 12.0. The zero-order valence-corrected chi connectivity index (χ0v) is 12.5. The monoisotopic (exact) mass is 307 g/mol. The van der Waals surface area contributed by atoms with Gasteiger partial charge in [-0.25, -0.2) is 0 Å². The highest BCUT2D eigenvalue weighted by Crippen LogP contribution is 2.25. The van der Waals surface area contributed by atoms with Gasteiger partial charge in [-0.15, -0.1) is 0 Å². The number of hydrogen-bond acceptors (Lipinski definition) is 1. The van der Waals surface area contributed by atoms with Gasteiger partial charge < -0.3 is 4.57 Å². The van der Waals surface area contributed by atoms with Gasteiger partial charge in [0.2, 0.25) is 0 Å². The number of fused-ring (bicyclic) bond motifs is 1. The Hall–Kier alpha value is -1.25. The number of Topliss-reactive ketones (excluding diaryl/α,β-unsaturated/α-hetero) is 1. The number of carbonyl (C=O) groups is 1. The SMILES string of the molecule is O=C1CCCCc2cn(Cc3cc(Cl)ccc3Cl)cc21. The molecule has 1 aliphatic rings. The van der Waals surface area contributed by atoms with Gasteiger partial charge in [0.15, 0.2) is 5.78 Å². The van der Waals surface area contributed by atoms with E-state index in [1.165, 1.54) is 0 Å². The average molecular weight is 308 g/mol. The second kappa shape index (κ2) is 5.63. The predicted octanol–water partition coefficient (Wildman–Crippen LogP) is 4.75. The Labute approximate surface area is 128 Å². The van der Waals surface area contributed by atoms with E-state index in [0.29, 0.717) is 23.0 Å². The van der Waals surface area contributed by atoms with E-state index in [1.807, 2.05) is 16.8 Å². The van der Waals surface area contributed by atoms with Crippen LogP contribution in [0.4, 0.5) is 0 Å². The van der Waals surface area contributed by atoms with Gasteiger partial charge in [0, 0.05) is 41.0 Å². The van der Waals surface area contributed by atoms with Gasteiger partial charge in [-0.2, -0.15) is 0 Å². The van der Waals surface area contributed by atoms with Crippen LogP contribution in [0.2, 0.25) is 10.0 Å². The minimum atomic E-state index is 0.258. The lowest BCUT2D eigenvalue weighted by molar-refractivity contribution is 0.0982. The van der Waals surface area contributed by atoms with Gasteiger partial charge in [0.25, 0.3) is 0 Å². The number of halogens is 2. The second-order valence-electron chi connectivity index (χ2n) is 5.24. The van der Waals surface area contributed by atoms with Crippen LogP contribution in [-0.2, 0) is 13.0 Å². The summed E-state index contributed by atoms with van der Waals surface area (Å²) < 4.78 is 2.03. The number of ketones is 1. The first-order valence-electron chi connectivity index (χ1n) is 6.79. The Balaban J connectivity index is 1.90. The normalized spacial score (nSPS) is 15.0. The molecule has 0 amide bonds. The molecule has 4 heteroatoms. The summed E-state index contributed by atoms with van der Waals surface area (Å²) in [6, 6.07) is 5.46. The second-order valence-corrected chi connectivity index (χ2v) is 6.08. The molecule has 2 aromatic rings. The summed E-state index contributed by atoms with van der Waals surface area (Å²) in [6.45, 7) is 0.639. The molecule has 0 saturated heterocycles. The molecule has 0 spiro atoms. The lowest BCUT2D eigenvalue weighted by atomic mass is 10.1.